The molecule has 0 amide bonds. The highest BCUT2D eigenvalue weighted by atomic mass is 35.5. The van der Waals surface area contributed by atoms with Crippen LogP contribution >= 0.6 is 19.8 Å². The van der Waals surface area contributed by atoms with Gasteiger partial charge in [-0.2, -0.15) is 0 Å². The van der Waals surface area contributed by atoms with Gasteiger partial charge in [0.05, 0.1) is 5.30 Å². The van der Waals surface area contributed by atoms with Crippen molar-refractivity contribution in [2.45, 2.75) is 39.5 Å². The number of hydrogen-bond acceptors (Lipinski definition) is 1. The summed E-state index contributed by atoms with van der Waals surface area (Å²) < 4.78 is 0. The van der Waals surface area contributed by atoms with E-state index in [0.29, 0.717) is 8.19 Å². The molecule has 0 N–H and O–H groups in total. The van der Waals surface area contributed by atoms with Gasteiger partial charge in [-0.15, -0.1) is 8.19 Å². The van der Waals surface area contributed by atoms with Crippen LogP contribution in [0.15, 0.2) is 30.3 Å². The van der Waals surface area contributed by atoms with Gasteiger partial charge in [0, 0.05) is 5.56 Å². The zero-order chi connectivity index (χ0) is 14.5. The highest BCUT2D eigenvalue weighted by Crippen LogP contribution is 2.42. The predicted molar refractivity (Wildman–Crippen MR) is 89.6 cm³/mol. The average molecular weight is 307 g/mol. The number of carbonyl (C=O) groups excluding carboxylic acids is 1. The van der Waals surface area contributed by atoms with Crippen molar-refractivity contribution in [2.24, 2.45) is 0 Å². The van der Waals surface area contributed by atoms with Crippen molar-refractivity contribution in [1.82, 2.24) is 0 Å². The number of halogens is 1. The minimum atomic E-state index is -0.290. The van der Waals surface area contributed by atoms with E-state index in [4.69, 9.17) is 11.6 Å². The number of carbonyl (C=O) groups is 1. The van der Waals surface area contributed by atoms with Crippen LogP contribution in [-0.4, -0.2) is 5.24 Å². The molecule has 1 heterocycles. The third-order valence-corrected chi connectivity index (χ3v) is 5.38. The molecule has 0 fully saturated rings. The number of rotatable bonds is 6. The molecule has 1 aromatic heterocycles. The lowest BCUT2D eigenvalue weighted by Crippen LogP contribution is -1.93. The first kappa shape index (κ1) is 15.4. The van der Waals surface area contributed by atoms with Crippen LogP contribution in [0.2, 0.25) is 0 Å². The maximum atomic E-state index is 11.8. The minimum Gasteiger partial charge on any atom is -0.275 e. The summed E-state index contributed by atoms with van der Waals surface area (Å²) in [6.07, 6.45) is 4.30. The quantitative estimate of drug-likeness (QED) is 0.628. The van der Waals surface area contributed by atoms with E-state index < -0.39 is 0 Å². The van der Waals surface area contributed by atoms with Crippen LogP contribution in [0, 0.1) is 0 Å². The lowest BCUT2D eigenvalue weighted by Gasteiger charge is -2.08. The summed E-state index contributed by atoms with van der Waals surface area (Å²) in [5.74, 6) is 0. The van der Waals surface area contributed by atoms with Gasteiger partial charge in [0.15, 0.2) is 0 Å². The van der Waals surface area contributed by atoms with Crippen LogP contribution < -0.4 is 0 Å². The summed E-state index contributed by atoms with van der Waals surface area (Å²) in [4.78, 5) is 11.8. The van der Waals surface area contributed by atoms with Gasteiger partial charge in [-0.3, -0.25) is 4.79 Å². The standard InChI is InChI=1S/C17H20ClOP/c1-3-8-13-14(9-4-2)20-16(17(18)19)15(13)12-10-6-5-7-11-12/h5-7,10-11,20H,3-4,8-9H2,1-2H3. The van der Waals surface area contributed by atoms with Crippen molar-refractivity contribution in [3.8, 4) is 11.1 Å². The summed E-state index contributed by atoms with van der Waals surface area (Å²) in [5, 5.41) is 1.95. The third-order valence-electron chi connectivity index (χ3n) is 3.45. The van der Waals surface area contributed by atoms with Gasteiger partial charge in [-0.05, 0) is 40.9 Å². The van der Waals surface area contributed by atoms with Gasteiger partial charge in [0.25, 0.3) is 5.24 Å². The summed E-state index contributed by atoms with van der Waals surface area (Å²) in [7, 11) is 0.452. The Morgan fingerprint density at radius 3 is 2.30 bits per heavy atom. The second kappa shape index (κ2) is 7.11. The van der Waals surface area contributed by atoms with Crippen molar-refractivity contribution < 1.29 is 4.79 Å². The smallest absolute Gasteiger partial charge is 0.256 e. The molecule has 0 saturated carbocycles. The molecule has 0 radical (unpaired) electrons. The summed E-state index contributed by atoms with van der Waals surface area (Å²) in [6.45, 7) is 4.37. The fourth-order valence-corrected chi connectivity index (χ4v) is 4.48. The van der Waals surface area contributed by atoms with E-state index in [1.54, 1.807) is 0 Å². The molecule has 0 aliphatic rings. The molecule has 2 aromatic rings. The lowest BCUT2D eigenvalue weighted by atomic mass is 9.96. The molecule has 1 unspecified atom stereocenters. The van der Waals surface area contributed by atoms with Crippen molar-refractivity contribution in [2.75, 3.05) is 0 Å². The monoisotopic (exact) mass is 306 g/mol. The molecule has 0 aliphatic heterocycles. The molecule has 106 valence electrons. The molecule has 0 spiro atoms. The first-order chi connectivity index (χ1) is 9.69. The molecule has 1 nitrogen and oxygen atoms in total. The van der Waals surface area contributed by atoms with Gasteiger partial charge in [-0.1, -0.05) is 57.0 Å². The van der Waals surface area contributed by atoms with Crippen LogP contribution in [-0.2, 0) is 12.8 Å². The first-order valence-electron chi connectivity index (χ1n) is 7.18. The SMILES string of the molecule is CCCc1[pH]c(C(=O)Cl)c(-c2ccccc2)c1CCC. The highest BCUT2D eigenvalue weighted by molar-refractivity contribution is 7.35. The van der Waals surface area contributed by atoms with E-state index in [-0.39, 0.29) is 5.24 Å². The van der Waals surface area contributed by atoms with Crippen molar-refractivity contribution in [3.63, 3.8) is 0 Å². The van der Waals surface area contributed by atoms with Gasteiger partial charge in [-0.25, -0.2) is 0 Å². The maximum Gasteiger partial charge on any atom is 0.256 e. The Morgan fingerprint density at radius 1 is 1.10 bits per heavy atom. The van der Waals surface area contributed by atoms with E-state index in [2.05, 4.69) is 26.0 Å². The molecule has 0 aliphatic carbocycles. The van der Waals surface area contributed by atoms with E-state index in [9.17, 15) is 4.79 Å². The Balaban J connectivity index is 2.64. The van der Waals surface area contributed by atoms with Crippen LogP contribution in [0.3, 0.4) is 0 Å². The number of hydrogen-bond donors (Lipinski definition) is 0. The topological polar surface area (TPSA) is 17.1 Å². The molecule has 1 atom stereocenters. The van der Waals surface area contributed by atoms with Gasteiger partial charge in [0.1, 0.15) is 0 Å². The third kappa shape index (κ3) is 3.16. The predicted octanol–water partition coefficient (Wildman–Crippen LogP) is 5.67. The Hall–Kier alpha value is -1.04. The first-order valence-corrected chi connectivity index (χ1v) is 8.55. The second-order valence-corrected chi connectivity index (χ2v) is 6.67. The summed E-state index contributed by atoms with van der Waals surface area (Å²) in [6, 6.07) is 10.2. The van der Waals surface area contributed by atoms with E-state index in [0.717, 1.165) is 42.1 Å². The minimum absolute atomic E-state index is 0.290. The van der Waals surface area contributed by atoms with Crippen molar-refractivity contribution >= 4 is 25.0 Å². The zero-order valence-electron chi connectivity index (χ0n) is 12.0. The normalized spacial score (nSPS) is 11.2. The fourth-order valence-electron chi connectivity index (χ4n) is 2.65. The molecular weight excluding hydrogens is 287 g/mol. The summed E-state index contributed by atoms with van der Waals surface area (Å²) >= 11 is 5.84. The number of aryl methyl sites for hydroxylation is 1. The van der Waals surface area contributed by atoms with E-state index in [1.165, 1.54) is 10.9 Å². The number of benzene rings is 1. The van der Waals surface area contributed by atoms with E-state index in [1.807, 2.05) is 18.2 Å². The van der Waals surface area contributed by atoms with Crippen LogP contribution in [0.5, 0.6) is 0 Å². The van der Waals surface area contributed by atoms with Crippen molar-refractivity contribution in [1.29, 1.82) is 0 Å². The Bertz CT molecular complexity index is 587. The van der Waals surface area contributed by atoms with E-state index >= 15 is 0 Å². The molecule has 20 heavy (non-hydrogen) atoms. The second-order valence-electron chi connectivity index (χ2n) is 4.97. The van der Waals surface area contributed by atoms with Gasteiger partial charge >= 0.3 is 0 Å². The van der Waals surface area contributed by atoms with Crippen LogP contribution in [0.4, 0.5) is 0 Å². The maximum absolute atomic E-state index is 11.8. The molecule has 0 bridgehead atoms. The average Bonchev–Trinajstić information content (AvgIpc) is 2.80. The fraction of sp³-hybridized carbons (Fsp3) is 0.353. The van der Waals surface area contributed by atoms with Crippen LogP contribution in [0.25, 0.3) is 11.1 Å². The van der Waals surface area contributed by atoms with Gasteiger partial charge < -0.3 is 0 Å². The molecule has 3 heteroatoms. The highest BCUT2D eigenvalue weighted by Gasteiger charge is 2.20. The Labute approximate surface area is 127 Å². The molecule has 1 aromatic carbocycles. The molecule has 0 saturated heterocycles. The Kier molecular flexibility index (Phi) is 5.46. The molecule has 2 rings (SSSR count). The summed E-state index contributed by atoms with van der Waals surface area (Å²) in [5.41, 5.74) is 3.59. The largest absolute Gasteiger partial charge is 0.275 e. The zero-order valence-corrected chi connectivity index (χ0v) is 13.8. The van der Waals surface area contributed by atoms with Crippen molar-refractivity contribution in [3.05, 3.63) is 46.5 Å². The molecular formula is C17H20ClOP. The van der Waals surface area contributed by atoms with Gasteiger partial charge in [0.2, 0.25) is 0 Å². The van der Waals surface area contributed by atoms with Crippen LogP contribution in [0.1, 0.15) is 47.6 Å². The lowest BCUT2D eigenvalue weighted by molar-refractivity contribution is 0.108. The Morgan fingerprint density at radius 2 is 1.75 bits per heavy atom.